The molecule has 230 valence electrons. The summed E-state index contributed by atoms with van der Waals surface area (Å²) in [4.78, 5) is 29.2. The van der Waals surface area contributed by atoms with Crippen LogP contribution in [0.3, 0.4) is 0 Å². The van der Waals surface area contributed by atoms with E-state index in [1.807, 2.05) is 6.92 Å². The summed E-state index contributed by atoms with van der Waals surface area (Å²) in [5.41, 5.74) is 1.42. The molecule has 1 saturated carbocycles. The Hall–Kier alpha value is -2.49. The van der Waals surface area contributed by atoms with Crippen molar-refractivity contribution in [2.75, 3.05) is 10.8 Å². The number of nitrogens with one attached hydrogen (secondary N) is 1. The first-order chi connectivity index (χ1) is 20.4. The fourth-order valence-electron chi connectivity index (χ4n) is 5.19. The number of hydrogen-bond donors (Lipinski definition) is 1. The summed E-state index contributed by atoms with van der Waals surface area (Å²) in [5, 5.41) is 4.11. The van der Waals surface area contributed by atoms with E-state index in [9.17, 15) is 18.0 Å². The summed E-state index contributed by atoms with van der Waals surface area (Å²) < 4.78 is 29.0. The molecule has 0 aromatic heterocycles. The van der Waals surface area contributed by atoms with Gasteiger partial charge < -0.3 is 10.2 Å². The van der Waals surface area contributed by atoms with Crippen LogP contribution in [0.2, 0.25) is 20.1 Å². The molecule has 1 aliphatic rings. The summed E-state index contributed by atoms with van der Waals surface area (Å²) in [5.74, 6) is -0.944. The Morgan fingerprint density at radius 3 is 2.07 bits per heavy atom. The first-order valence-electron chi connectivity index (χ1n) is 14.0. The van der Waals surface area contributed by atoms with Gasteiger partial charge in [-0.05, 0) is 68.7 Å². The maximum Gasteiger partial charge on any atom is 0.264 e. The van der Waals surface area contributed by atoms with Crippen molar-refractivity contribution in [3.05, 3.63) is 91.9 Å². The van der Waals surface area contributed by atoms with Crippen LogP contribution >= 0.6 is 46.4 Å². The summed E-state index contributed by atoms with van der Waals surface area (Å²) >= 11 is 25.5. The van der Waals surface area contributed by atoms with Crippen LogP contribution in [-0.2, 0) is 26.2 Å². The van der Waals surface area contributed by atoms with Crippen molar-refractivity contribution in [1.29, 1.82) is 0 Å². The first-order valence-corrected chi connectivity index (χ1v) is 16.9. The van der Waals surface area contributed by atoms with Crippen LogP contribution in [0.25, 0.3) is 0 Å². The van der Waals surface area contributed by atoms with Crippen molar-refractivity contribution < 1.29 is 18.0 Å². The van der Waals surface area contributed by atoms with E-state index in [1.165, 1.54) is 35.2 Å². The smallest absolute Gasteiger partial charge is 0.264 e. The van der Waals surface area contributed by atoms with E-state index in [-0.39, 0.29) is 45.5 Å². The Balaban J connectivity index is 1.77. The molecule has 0 aliphatic heterocycles. The molecule has 0 radical (unpaired) electrons. The Morgan fingerprint density at radius 2 is 1.51 bits per heavy atom. The lowest BCUT2D eigenvalue weighted by Gasteiger charge is -2.34. The molecular formula is C31H33Cl4N3O4S. The summed E-state index contributed by atoms with van der Waals surface area (Å²) in [6.45, 7) is 2.89. The van der Waals surface area contributed by atoms with Gasteiger partial charge in [0, 0.05) is 38.2 Å². The van der Waals surface area contributed by atoms with Gasteiger partial charge in [0.2, 0.25) is 11.8 Å². The van der Waals surface area contributed by atoms with Gasteiger partial charge in [-0.25, -0.2) is 8.42 Å². The monoisotopic (exact) mass is 683 g/mol. The highest BCUT2D eigenvalue weighted by atomic mass is 35.5. The lowest BCUT2D eigenvalue weighted by Crippen LogP contribution is -2.53. The molecule has 0 saturated heterocycles. The Kier molecular flexibility index (Phi) is 11.3. The van der Waals surface area contributed by atoms with Crippen molar-refractivity contribution in [3.63, 3.8) is 0 Å². The average Bonchev–Trinajstić information content (AvgIpc) is 3.45. The predicted octanol–water partition coefficient (Wildman–Crippen LogP) is 7.67. The molecule has 1 aliphatic carbocycles. The molecule has 3 aromatic carbocycles. The minimum absolute atomic E-state index is 0.0197. The van der Waals surface area contributed by atoms with Gasteiger partial charge in [-0.15, -0.1) is 0 Å². The van der Waals surface area contributed by atoms with Crippen molar-refractivity contribution in [2.45, 2.75) is 69.5 Å². The molecule has 1 fully saturated rings. The Morgan fingerprint density at radius 1 is 0.930 bits per heavy atom. The SMILES string of the molecule is CCC(C(=O)NC1CCCC1)N(Cc1c(Cl)cccc1Cl)C(=O)CN(c1cc(Cl)cc(Cl)c1)S(=O)(=O)c1ccc(C)cc1. The molecular weight excluding hydrogens is 652 g/mol. The zero-order chi connectivity index (χ0) is 31.3. The van der Waals surface area contributed by atoms with E-state index in [0.717, 1.165) is 35.6 Å². The minimum atomic E-state index is -4.28. The highest BCUT2D eigenvalue weighted by Crippen LogP contribution is 2.32. The standard InChI is InChI=1S/C31H33Cl4N3O4S/c1-3-29(31(40)36-23-7-4-5-8-23)37(18-26-27(34)9-6-10-28(26)35)30(39)19-38(24-16-21(32)15-22(33)17-24)43(41,42)25-13-11-20(2)12-14-25/h6,9-17,23,29H,3-5,7-8,18-19H2,1-2H3,(H,36,40). The zero-order valence-corrected chi connectivity index (χ0v) is 27.7. The number of amides is 2. The van der Waals surface area contributed by atoms with E-state index in [2.05, 4.69) is 5.32 Å². The van der Waals surface area contributed by atoms with E-state index in [4.69, 9.17) is 46.4 Å². The molecule has 2 amide bonds. The van der Waals surface area contributed by atoms with E-state index in [1.54, 1.807) is 37.3 Å². The summed E-state index contributed by atoms with van der Waals surface area (Å²) in [6, 6.07) is 14.7. The quantitative estimate of drug-likeness (QED) is 0.225. The van der Waals surface area contributed by atoms with Crippen molar-refractivity contribution in [2.24, 2.45) is 0 Å². The topological polar surface area (TPSA) is 86.8 Å². The van der Waals surface area contributed by atoms with E-state index in [0.29, 0.717) is 15.6 Å². The second-order valence-electron chi connectivity index (χ2n) is 10.6. The fraction of sp³-hybridized carbons (Fsp3) is 0.355. The number of anilines is 1. The maximum atomic E-state index is 14.3. The van der Waals surface area contributed by atoms with Crippen molar-refractivity contribution in [3.8, 4) is 0 Å². The largest absolute Gasteiger partial charge is 0.352 e. The van der Waals surface area contributed by atoms with Crippen LogP contribution in [0, 0.1) is 6.92 Å². The molecule has 3 aromatic rings. The maximum absolute atomic E-state index is 14.3. The van der Waals surface area contributed by atoms with Crippen LogP contribution in [0.15, 0.2) is 65.6 Å². The second kappa shape index (κ2) is 14.5. The van der Waals surface area contributed by atoms with Crippen LogP contribution in [-0.4, -0.2) is 43.8 Å². The predicted molar refractivity (Wildman–Crippen MR) is 174 cm³/mol. The lowest BCUT2D eigenvalue weighted by molar-refractivity contribution is -0.140. The van der Waals surface area contributed by atoms with Crippen LogP contribution in [0.5, 0.6) is 0 Å². The molecule has 0 heterocycles. The summed E-state index contributed by atoms with van der Waals surface area (Å²) in [7, 11) is -4.28. The third kappa shape index (κ3) is 8.17. The van der Waals surface area contributed by atoms with E-state index >= 15 is 0 Å². The Labute approximate surface area is 273 Å². The van der Waals surface area contributed by atoms with Crippen molar-refractivity contribution in [1.82, 2.24) is 10.2 Å². The molecule has 12 heteroatoms. The van der Waals surface area contributed by atoms with Crippen LogP contribution in [0.1, 0.15) is 50.2 Å². The lowest BCUT2D eigenvalue weighted by atomic mass is 10.1. The number of rotatable bonds is 11. The second-order valence-corrected chi connectivity index (χ2v) is 14.1. The number of sulfonamides is 1. The van der Waals surface area contributed by atoms with Crippen molar-refractivity contribution >= 4 is 73.9 Å². The molecule has 0 bridgehead atoms. The molecule has 1 atom stereocenters. The normalized spacial score (nSPS) is 14.4. The number of hydrogen-bond acceptors (Lipinski definition) is 4. The van der Waals surface area contributed by atoms with Crippen LogP contribution in [0.4, 0.5) is 5.69 Å². The number of carbonyl (C=O) groups is 2. The number of aryl methyl sites for hydroxylation is 1. The number of carbonyl (C=O) groups excluding carboxylic acids is 2. The number of halogens is 4. The van der Waals surface area contributed by atoms with Crippen LogP contribution < -0.4 is 9.62 Å². The number of benzene rings is 3. The highest BCUT2D eigenvalue weighted by Gasteiger charge is 2.35. The average molecular weight is 686 g/mol. The van der Waals surface area contributed by atoms with Gasteiger partial charge in [0.15, 0.2) is 0 Å². The Bertz CT molecular complexity index is 1540. The van der Waals surface area contributed by atoms with Gasteiger partial charge >= 0.3 is 0 Å². The van der Waals surface area contributed by atoms with Gasteiger partial charge in [-0.2, -0.15) is 0 Å². The fourth-order valence-corrected chi connectivity index (χ4v) is 7.62. The zero-order valence-electron chi connectivity index (χ0n) is 23.8. The van der Waals surface area contributed by atoms with Gasteiger partial charge in [0.05, 0.1) is 10.6 Å². The minimum Gasteiger partial charge on any atom is -0.352 e. The van der Waals surface area contributed by atoms with Gasteiger partial charge in [-0.3, -0.25) is 13.9 Å². The summed E-state index contributed by atoms with van der Waals surface area (Å²) in [6.07, 6.45) is 4.05. The molecule has 7 nitrogen and oxygen atoms in total. The molecule has 1 N–H and O–H groups in total. The number of nitrogens with zero attached hydrogens (tertiary/aromatic N) is 2. The van der Waals surface area contributed by atoms with E-state index < -0.39 is 28.5 Å². The van der Waals surface area contributed by atoms with Gasteiger partial charge in [-0.1, -0.05) is 89.9 Å². The molecule has 0 spiro atoms. The third-order valence-electron chi connectivity index (χ3n) is 7.50. The third-order valence-corrected chi connectivity index (χ3v) is 10.4. The van der Waals surface area contributed by atoms with Gasteiger partial charge in [0.25, 0.3) is 10.0 Å². The molecule has 43 heavy (non-hydrogen) atoms. The molecule has 4 rings (SSSR count). The first kappa shape index (κ1) is 33.4. The highest BCUT2D eigenvalue weighted by molar-refractivity contribution is 7.92. The van der Waals surface area contributed by atoms with Gasteiger partial charge in [0.1, 0.15) is 12.6 Å². The molecule has 1 unspecified atom stereocenters.